The fourth-order valence-corrected chi connectivity index (χ4v) is 2.35. The number of nitrogens with one attached hydrogen (secondary N) is 2. The van der Waals surface area contributed by atoms with E-state index >= 15 is 0 Å². The first-order valence-electron chi connectivity index (χ1n) is 7.12. The zero-order valence-electron chi connectivity index (χ0n) is 12.0. The van der Waals surface area contributed by atoms with Crippen molar-refractivity contribution in [2.75, 3.05) is 18.5 Å². The number of fused-ring (bicyclic) bond motifs is 1. The summed E-state index contributed by atoms with van der Waals surface area (Å²) in [7, 11) is 0. The molecule has 0 spiro atoms. The second-order valence-corrected chi connectivity index (χ2v) is 5.01. The minimum absolute atomic E-state index is 0.0217. The van der Waals surface area contributed by atoms with Crippen molar-refractivity contribution in [3.8, 4) is 5.75 Å². The van der Waals surface area contributed by atoms with Gasteiger partial charge in [-0.1, -0.05) is 36.4 Å². The minimum atomic E-state index is -0.253. The van der Waals surface area contributed by atoms with Crippen LogP contribution in [0.15, 0.2) is 48.5 Å². The van der Waals surface area contributed by atoms with E-state index in [4.69, 9.17) is 4.74 Å². The Bertz CT molecular complexity index is 698. The zero-order chi connectivity index (χ0) is 15.4. The second kappa shape index (κ2) is 6.30. The maximum Gasteiger partial charge on any atom is 0.262 e. The van der Waals surface area contributed by atoms with E-state index in [0.29, 0.717) is 23.5 Å². The average molecular weight is 296 g/mol. The third kappa shape index (κ3) is 3.09. The Labute approximate surface area is 128 Å². The van der Waals surface area contributed by atoms with Gasteiger partial charge in [-0.2, -0.15) is 0 Å². The van der Waals surface area contributed by atoms with Crippen molar-refractivity contribution in [1.29, 1.82) is 0 Å². The number of anilines is 1. The van der Waals surface area contributed by atoms with Gasteiger partial charge in [-0.3, -0.25) is 9.59 Å². The number of carbonyl (C=O) groups is 2. The molecule has 3 rings (SSSR count). The van der Waals surface area contributed by atoms with Gasteiger partial charge in [-0.25, -0.2) is 0 Å². The van der Waals surface area contributed by atoms with Crippen LogP contribution in [0.2, 0.25) is 0 Å². The van der Waals surface area contributed by atoms with Gasteiger partial charge in [0.1, 0.15) is 5.75 Å². The van der Waals surface area contributed by atoms with Gasteiger partial charge in [0.2, 0.25) is 0 Å². The number of rotatable bonds is 4. The summed E-state index contributed by atoms with van der Waals surface area (Å²) in [5.41, 5.74) is 2.02. The molecule has 1 heterocycles. The van der Waals surface area contributed by atoms with Gasteiger partial charge in [0.15, 0.2) is 6.61 Å². The first kappa shape index (κ1) is 14.1. The molecule has 1 aliphatic heterocycles. The Kier molecular flexibility index (Phi) is 4.05. The molecule has 0 saturated heterocycles. The predicted molar refractivity (Wildman–Crippen MR) is 83.0 cm³/mol. The van der Waals surface area contributed by atoms with Crippen molar-refractivity contribution >= 4 is 17.5 Å². The van der Waals surface area contributed by atoms with Gasteiger partial charge >= 0.3 is 0 Å². The maximum absolute atomic E-state index is 12.3. The van der Waals surface area contributed by atoms with E-state index in [2.05, 4.69) is 10.6 Å². The molecule has 1 aliphatic rings. The van der Waals surface area contributed by atoms with E-state index in [1.165, 1.54) is 0 Å². The normalized spacial score (nSPS) is 12.8. The van der Waals surface area contributed by atoms with Crippen LogP contribution >= 0.6 is 0 Å². The summed E-state index contributed by atoms with van der Waals surface area (Å²) in [6, 6.07) is 15.1. The highest BCUT2D eigenvalue weighted by Crippen LogP contribution is 2.30. The lowest BCUT2D eigenvalue weighted by molar-refractivity contribution is -0.118. The van der Waals surface area contributed by atoms with Crippen molar-refractivity contribution in [1.82, 2.24) is 5.32 Å². The van der Waals surface area contributed by atoms with Gasteiger partial charge in [0, 0.05) is 6.54 Å². The van der Waals surface area contributed by atoms with Crippen molar-refractivity contribution in [3.05, 3.63) is 59.7 Å². The van der Waals surface area contributed by atoms with E-state index in [-0.39, 0.29) is 18.4 Å². The average Bonchev–Trinajstić information content (AvgIpc) is 2.55. The number of benzene rings is 2. The van der Waals surface area contributed by atoms with Crippen LogP contribution in [0.25, 0.3) is 0 Å². The standard InChI is InChI=1S/C17H16N2O3/c20-15-11-22-14-8-4-7-13(16(14)19-15)17(21)18-10-9-12-5-2-1-3-6-12/h1-8H,9-11H2,(H,18,21)(H,19,20). The Balaban J connectivity index is 1.67. The summed E-state index contributed by atoms with van der Waals surface area (Å²) in [4.78, 5) is 23.7. The predicted octanol–water partition coefficient (Wildman–Crippen LogP) is 1.99. The van der Waals surface area contributed by atoms with E-state index in [0.717, 1.165) is 12.0 Å². The van der Waals surface area contributed by atoms with Crippen LogP contribution in [0.1, 0.15) is 15.9 Å². The highest BCUT2D eigenvalue weighted by Gasteiger charge is 2.21. The number of hydrogen-bond donors (Lipinski definition) is 2. The largest absolute Gasteiger partial charge is 0.482 e. The smallest absolute Gasteiger partial charge is 0.262 e. The van der Waals surface area contributed by atoms with E-state index in [9.17, 15) is 9.59 Å². The summed E-state index contributed by atoms with van der Waals surface area (Å²) in [5, 5.41) is 5.56. The second-order valence-electron chi connectivity index (χ2n) is 5.01. The SMILES string of the molecule is O=C1COc2cccc(C(=O)NCCc3ccccc3)c2N1. The molecule has 0 bridgehead atoms. The molecule has 0 fully saturated rings. The number of amides is 2. The van der Waals surface area contributed by atoms with Crippen LogP contribution in [0, 0.1) is 0 Å². The Morgan fingerprint density at radius 1 is 1.14 bits per heavy atom. The first-order valence-corrected chi connectivity index (χ1v) is 7.12. The molecule has 112 valence electrons. The molecule has 0 saturated carbocycles. The number of carbonyl (C=O) groups excluding carboxylic acids is 2. The van der Waals surface area contributed by atoms with Crippen LogP contribution in [0.5, 0.6) is 5.75 Å². The van der Waals surface area contributed by atoms with Gasteiger partial charge in [0.25, 0.3) is 11.8 Å². The molecule has 0 aliphatic carbocycles. The third-order valence-corrected chi connectivity index (χ3v) is 3.44. The van der Waals surface area contributed by atoms with Crippen LogP contribution < -0.4 is 15.4 Å². The lowest BCUT2D eigenvalue weighted by atomic mass is 10.1. The lowest BCUT2D eigenvalue weighted by Gasteiger charge is -2.20. The maximum atomic E-state index is 12.3. The molecule has 5 nitrogen and oxygen atoms in total. The first-order chi connectivity index (χ1) is 10.7. The topological polar surface area (TPSA) is 67.4 Å². The Morgan fingerprint density at radius 2 is 1.95 bits per heavy atom. The molecule has 2 aromatic carbocycles. The molecule has 2 N–H and O–H groups in total. The van der Waals surface area contributed by atoms with Crippen LogP contribution in [0.4, 0.5) is 5.69 Å². The zero-order valence-corrected chi connectivity index (χ0v) is 12.0. The quantitative estimate of drug-likeness (QED) is 0.906. The minimum Gasteiger partial charge on any atom is -0.482 e. The van der Waals surface area contributed by atoms with E-state index < -0.39 is 0 Å². The number of para-hydroxylation sites is 1. The van der Waals surface area contributed by atoms with Crippen molar-refractivity contribution in [2.45, 2.75) is 6.42 Å². The molecular formula is C17H16N2O3. The fraction of sp³-hybridized carbons (Fsp3) is 0.176. The van der Waals surface area contributed by atoms with E-state index in [1.807, 2.05) is 30.3 Å². The summed E-state index contributed by atoms with van der Waals surface area (Å²) in [6.07, 6.45) is 0.754. The molecule has 0 radical (unpaired) electrons. The summed E-state index contributed by atoms with van der Waals surface area (Å²) >= 11 is 0. The number of hydrogen-bond acceptors (Lipinski definition) is 3. The lowest BCUT2D eigenvalue weighted by Crippen LogP contribution is -2.30. The summed E-state index contributed by atoms with van der Waals surface area (Å²) in [6.45, 7) is 0.507. The Hall–Kier alpha value is -2.82. The van der Waals surface area contributed by atoms with Crippen molar-refractivity contribution < 1.29 is 14.3 Å². The molecule has 0 aromatic heterocycles. The monoisotopic (exact) mass is 296 g/mol. The van der Waals surface area contributed by atoms with E-state index in [1.54, 1.807) is 18.2 Å². The summed E-state index contributed by atoms with van der Waals surface area (Å²) < 4.78 is 5.31. The summed E-state index contributed by atoms with van der Waals surface area (Å²) in [5.74, 6) is 0.0472. The Morgan fingerprint density at radius 3 is 2.77 bits per heavy atom. The molecule has 0 atom stereocenters. The van der Waals surface area contributed by atoms with Crippen LogP contribution in [-0.4, -0.2) is 25.0 Å². The highest BCUT2D eigenvalue weighted by molar-refractivity contribution is 6.06. The molecule has 0 unspecified atom stereocenters. The van der Waals surface area contributed by atoms with Gasteiger partial charge in [-0.15, -0.1) is 0 Å². The molecule has 5 heteroatoms. The van der Waals surface area contributed by atoms with Crippen LogP contribution in [-0.2, 0) is 11.2 Å². The highest BCUT2D eigenvalue weighted by atomic mass is 16.5. The van der Waals surface area contributed by atoms with Crippen LogP contribution in [0.3, 0.4) is 0 Å². The van der Waals surface area contributed by atoms with Crippen molar-refractivity contribution in [3.63, 3.8) is 0 Å². The van der Waals surface area contributed by atoms with Gasteiger partial charge in [-0.05, 0) is 24.1 Å². The van der Waals surface area contributed by atoms with Gasteiger partial charge < -0.3 is 15.4 Å². The molecule has 2 aromatic rings. The molecule has 2 amide bonds. The number of ether oxygens (including phenoxy) is 1. The van der Waals surface area contributed by atoms with Crippen molar-refractivity contribution in [2.24, 2.45) is 0 Å². The molecule has 22 heavy (non-hydrogen) atoms. The third-order valence-electron chi connectivity index (χ3n) is 3.44. The molecular weight excluding hydrogens is 280 g/mol. The van der Waals surface area contributed by atoms with Gasteiger partial charge in [0.05, 0.1) is 11.3 Å². The fourth-order valence-electron chi connectivity index (χ4n) is 2.35.